The van der Waals surface area contributed by atoms with Crippen LogP contribution in [0.1, 0.15) is 35.7 Å². The van der Waals surface area contributed by atoms with Crippen molar-refractivity contribution in [1.29, 1.82) is 0 Å². The summed E-state index contributed by atoms with van der Waals surface area (Å²) in [6.07, 6.45) is 1.07. The summed E-state index contributed by atoms with van der Waals surface area (Å²) in [5, 5.41) is 7.49. The number of hydrogen-bond acceptors (Lipinski definition) is 6. The minimum atomic E-state index is 0.0540. The monoisotopic (exact) mass is 287 g/mol. The Hall–Kier alpha value is -1.92. The Balaban J connectivity index is 1.56. The van der Waals surface area contributed by atoms with Crippen molar-refractivity contribution >= 4 is 0 Å². The number of aromatic nitrogens is 2. The van der Waals surface area contributed by atoms with Gasteiger partial charge in [-0.05, 0) is 12.5 Å². The summed E-state index contributed by atoms with van der Waals surface area (Å²) >= 11 is 0. The lowest BCUT2D eigenvalue weighted by Gasteiger charge is -2.04. The molecule has 0 spiro atoms. The number of hydrogen-bond donors (Lipinski definition) is 1. The molecule has 1 unspecified atom stereocenters. The van der Waals surface area contributed by atoms with Gasteiger partial charge >= 0.3 is 0 Å². The molecule has 1 fully saturated rings. The molecular formula is C15H17N3O3. The number of methoxy groups -OCH3 is 1. The van der Waals surface area contributed by atoms with Crippen molar-refractivity contribution in [3.63, 3.8) is 0 Å². The highest BCUT2D eigenvalue weighted by Crippen LogP contribution is 2.37. The first-order valence-corrected chi connectivity index (χ1v) is 7.16. The molecule has 1 aromatic carbocycles. The van der Waals surface area contributed by atoms with Crippen LogP contribution in [0.5, 0.6) is 5.75 Å². The largest absolute Gasteiger partial charge is 0.492 e. The normalized spacial score (nSPS) is 27.6. The zero-order valence-electron chi connectivity index (χ0n) is 11.8. The summed E-state index contributed by atoms with van der Waals surface area (Å²) in [7, 11) is 1.72. The van der Waals surface area contributed by atoms with Crippen LogP contribution in [0.4, 0.5) is 0 Å². The van der Waals surface area contributed by atoms with Crippen molar-refractivity contribution in [1.82, 2.24) is 15.5 Å². The topological polar surface area (TPSA) is 69.4 Å². The molecule has 3 atom stereocenters. The van der Waals surface area contributed by atoms with E-state index in [4.69, 9.17) is 14.0 Å². The zero-order valence-corrected chi connectivity index (χ0v) is 11.8. The predicted molar refractivity (Wildman–Crippen MR) is 74.2 cm³/mol. The van der Waals surface area contributed by atoms with Crippen LogP contribution in [0, 0.1) is 0 Å². The van der Waals surface area contributed by atoms with Crippen LogP contribution in [0.25, 0.3) is 0 Å². The Morgan fingerprint density at radius 2 is 2.24 bits per heavy atom. The molecular weight excluding hydrogens is 270 g/mol. The molecule has 1 N–H and O–H groups in total. The SMILES string of the molecule is CO[C@@H]1CN[C@@H](c2nc(C3COc4ccccc43)no2)C1. The number of rotatable bonds is 3. The van der Waals surface area contributed by atoms with E-state index in [2.05, 4.69) is 21.5 Å². The van der Waals surface area contributed by atoms with E-state index < -0.39 is 0 Å². The van der Waals surface area contributed by atoms with E-state index >= 15 is 0 Å². The van der Waals surface area contributed by atoms with Crippen LogP contribution in [0.2, 0.25) is 0 Å². The Labute approximate surface area is 122 Å². The summed E-state index contributed by atoms with van der Waals surface area (Å²) < 4.78 is 16.5. The highest BCUT2D eigenvalue weighted by molar-refractivity contribution is 5.42. The molecule has 1 aromatic heterocycles. The first-order valence-electron chi connectivity index (χ1n) is 7.16. The molecule has 3 heterocycles. The van der Waals surface area contributed by atoms with Crippen LogP contribution < -0.4 is 10.1 Å². The summed E-state index contributed by atoms with van der Waals surface area (Å²) in [4.78, 5) is 4.57. The van der Waals surface area contributed by atoms with E-state index in [0.29, 0.717) is 18.3 Å². The molecule has 2 aliphatic rings. The van der Waals surface area contributed by atoms with Gasteiger partial charge in [0.25, 0.3) is 0 Å². The molecule has 2 aromatic rings. The Morgan fingerprint density at radius 1 is 1.33 bits per heavy atom. The summed E-state index contributed by atoms with van der Waals surface area (Å²) in [5.74, 6) is 2.29. The number of fused-ring (bicyclic) bond motifs is 1. The highest BCUT2D eigenvalue weighted by Gasteiger charge is 2.33. The average Bonchev–Trinajstić information content (AvgIpc) is 3.24. The van der Waals surface area contributed by atoms with Gasteiger partial charge in [-0.1, -0.05) is 23.4 Å². The molecule has 0 bridgehead atoms. The van der Waals surface area contributed by atoms with Gasteiger partial charge in [-0.2, -0.15) is 4.98 Å². The Bertz CT molecular complexity index is 643. The van der Waals surface area contributed by atoms with Gasteiger partial charge in [0, 0.05) is 19.2 Å². The number of nitrogens with zero attached hydrogens (tertiary/aromatic N) is 2. The Kier molecular flexibility index (Phi) is 3.12. The van der Waals surface area contributed by atoms with E-state index in [1.165, 1.54) is 0 Å². The average molecular weight is 287 g/mol. The lowest BCUT2D eigenvalue weighted by Crippen LogP contribution is -2.16. The van der Waals surface area contributed by atoms with Gasteiger partial charge < -0.3 is 19.3 Å². The van der Waals surface area contributed by atoms with Gasteiger partial charge in [-0.25, -0.2) is 0 Å². The maximum atomic E-state index is 5.68. The van der Waals surface area contributed by atoms with Gasteiger partial charge in [0.1, 0.15) is 12.4 Å². The lowest BCUT2D eigenvalue weighted by atomic mass is 10.0. The second-order valence-electron chi connectivity index (χ2n) is 5.45. The third-order valence-electron chi connectivity index (χ3n) is 4.19. The van der Waals surface area contributed by atoms with Crippen LogP contribution in [-0.4, -0.2) is 36.5 Å². The smallest absolute Gasteiger partial charge is 0.243 e. The van der Waals surface area contributed by atoms with E-state index in [0.717, 1.165) is 24.3 Å². The van der Waals surface area contributed by atoms with Crippen molar-refractivity contribution < 1.29 is 14.0 Å². The number of para-hydroxylation sites is 1. The van der Waals surface area contributed by atoms with Crippen molar-refractivity contribution in [3.8, 4) is 5.75 Å². The fourth-order valence-electron chi connectivity index (χ4n) is 2.98. The first kappa shape index (κ1) is 12.8. The molecule has 0 saturated carbocycles. The summed E-state index contributed by atoms with van der Waals surface area (Å²) in [6, 6.07) is 8.07. The molecule has 21 heavy (non-hydrogen) atoms. The van der Waals surface area contributed by atoms with Gasteiger partial charge in [-0.3, -0.25) is 0 Å². The van der Waals surface area contributed by atoms with Crippen LogP contribution in [-0.2, 0) is 4.74 Å². The molecule has 0 amide bonds. The standard InChI is InChI=1S/C15H17N3O3/c1-19-9-6-12(16-7-9)15-17-14(18-21-15)11-8-20-13-5-3-2-4-10(11)13/h2-5,9,11-12,16H,6-8H2,1H3/t9-,11?,12+/m0/s1. The van der Waals surface area contributed by atoms with Crippen molar-refractivity contribution in [2.75, 3.05) is 20.3 Å². The quantitative estimate of drug-likeness (QED) is 0.925. The second-order valence-corrected chi connectivity index (χ2v) is 5.45. The zero-order chi connectivity index (χ0) is 14.2. The molecule has 0 radical (unpaired) electrons. The molecule has 6 heteroatoms. The summed E-state index contributed by atoms with van der Waals surface area (Å²) in [5.41, 5.74) is 1.12. The maximum Gasteiger partial charge on any atom is 0.243 e. The van der Waals surface area contributed by atoms with Crippen molar-refractivity contribution in [2.24, 2.45) is 0 Å². The molecule has 1 saturated heterocycles. The summed E-state index contributed by atoms with van der Waals surface area (Å²) in [6.45, 7) is 1.38. The molecule has 4 rings (SSSR count). The van der Waals surface area contributed by atoms with Gasteiger partial charge in [0.05, 0.1) is 18.1 Å². The van der Waals surface area contributed by atoms with Crippen molar-refractivity contribution in [3.05, 3.63) is 41.5 Å². The Morgan fingerprint density at radius 3 is 3.10 bits per heavy atom. The van der Waals surface area contributed by atoms with E-state index in [1.54, 1.807) is 7.11 Å². The highest BCUT2D eigenvalue weighted by atomic mass is 16.5. The number of benzene rings is 1. The molecule has 0 aliphatic carbocycles. The van der Waals surface area contributed by atoms with Crippen LogP contribution in [0.15, 0.2) is 28.8 Å². The lowest BCUT2D eigenvalue weighted by molar-refractivity contribution is 0.116. The molecule has 6 nitrogen and oxygen atoms in total. The fraction of sp³-hybridized carbons (Fsp3) is 0.467. The van der Waals surface area contributed by atoms with Gasteiger partial charge in [0.15, 0.2) is 5.82 Å². The van der Waals surface area contributed by atoms with Crippen molar-refractivity contribution in [2.45, 2.75) is 24.5 Å². The third-order valence-corrected chi connectivity index (χ3v) is 4.19. The minimum absolute atomic E-state index is 0.0540. The fourth-order valence-corrected chi connectivity index (χ4v) is 2.98. The molecule has 2 aliphatic heterocycles. The third kappa shape index (κ3) is 2.20. The van der Waals surface area contributed by atoms with E-state index in [1.807, 2.05) is 18.2 Å². The van der Waals surface area contributed by atoms with Crippen LogP contribution in [0.3, 0.4) is 0 Å². The first-order chi connectivity index (χ1) is 10.3. The van der Waals surface area contributed by atoms with E-state index in [-0.39, 0.29) is 18.1 Å². The maximum absolute atomic E-state index is 5.68. The van der Waals surface area contributed by atoms with E-state index in [9.17, 15) is 0 Å². The van der Waals surface area contributed by atoms with Crippen LogP contribution >= 0.6 is 0 Å². The second kappa shape index (κ2) is 5.13. The van der Waals surface area contributed by atoms with Gasteiger partial charge in [0.2, 0.25) is 5.89 Å². The van der Waals surface area contributed by atoms with Gasteiger partial charge in [-0.15, -0.1) is 0 Å². The minimum Gasteiger partial charge on any atom is -0.492 e. The molecule has 110 valence electrons. The number of ether oxygens (including phenoxy) is 2. The predicted octanol–water partition coefficient (Wildman–Crippen LogP) is 1.64. The number of nitrogens with one attached hydrogen (secondary N) is 1.